The van der Waals surface area contributed by atoms with Gasteiger partial charge in [-0.05, 0) is 62.4 Å². The molecule has 2 fully saturated rings. The number of halogens is 2. The molecule has 0 spiro atoms. The summed E-state index contributed by atoms with van der Waals surface area (Å²) in [4.78, 5) is 14.0. The average Bonchev–Trinajstić information content (AvgIpc) is 2.54. The summed E-state index contributed by atoms with van der Waals surface area (Å²) in [6.07, 6.45) is 2.36. The first kappa shape index (κ1) is 16.4. The van der Waals surface area contributed by atoms with Crippen LogP contribution in [-0.2, 0) is 0 Å². The van der Waals surface area contributed by atoms with Crippen LogP contribution in [0.5, 0.6) is 0 Å². The molecule has 126 valence electrons. The first-order chi connectivity index (χ1) is 11.0. The van der Waals surface area contributed by atoms with Gasteiger partial charge in [0.25, 0.3) is 11.8 Å². The number of piperidine rings is 2. The van der Waals surface area contributed by atoms with E-state index in [9.17, 15) is 13.6 Å². The van der Waals surface area contributed by atoms with Gasteiger partial charge in [-0.2, -0.15) is 0 Å². The monoisotopic (exact) mass is 322 g/mol. The van der Waals surface area contributed by atoms with E-state index in [2.05, 4.69) is 11.4 Å². The van der Waals surface area contributed by atoms with Crippen molar-refractivity contribution in [2.75, 3.05) is 26.2 Å². The van der Waals surface area contributed by atoms with Gasteiger partial charge in [0.1, 0.15) is 0 Å². The maximum atomic E-state index is 13.6. The van der Waals surface area contributed by atoms with Crippen LogP contribution in [0.3, 0.4) is 0 Å². The molecule has 1 aromatic carbocycles. The van der Waals surface area contributed by atoms with Gasteiger partial charge in [-0.15, -0.1) is 0 Å². The molecule has 1 amide bonds. The third-order valence-corrected chi connectivity index (χ3v) is 5.07. The number of likely N-dealkylation sites (tertiary alicyclic amines) is 1. The number of nitrogens with zero attached hydrogens (tertiary/aromatic N) is 1. The Kier molecular flexibility index (Phi) is 4.67. The van der Waals surface area contributed by atoms with Crippen molar-refractivity contribution >= 4 is 5.91 Å². The van der Waals surface area contributed by atoms with Crippen LogP contribution < -0.4 is 5.32 Å². The fraction of sp³-hybridized carbons (Fsp3) is 0.611. The highest BCUT2D eigenvalue weighted by molar-refractivity contribution is 5.96. The van der Waals surface area contributed by atoms with Crippen LogP contribution in [0.4, 0.5) is 8.78 Å². The van der Waals surface area contributed by atoms with Crippen molar-refractivity contribution in [2.45, 2.75) is 44.4 Å². The molecule has 2 heterocycles. The van der Waals surface area contributed by atoms with Gasteiger partial charge >= 0.3 is 0 Å². The summed E-state index contributed by atoms with van der Waals surface area (Å²) in [5.41, 5.74) is 2.73. The van der Waals surface area contributed by atoms with Gasteiger partial charge in [-0.1, -0.05) is 12.1 Å². The van der Waals surface area contributed by atoms with Crippen molar-refractivity contribution in [3.8, 4) is 0 Å². The Morgan fingerprint density at radius 3 is 2.74 bits per heavy atom. The third-order valence-electron chi connectivity index (χ3n) is 5.07. The van der Waals surface area contributed by atoms with Gasteiger partial charge in [0.15, 0.2) is 0 Å². The van der Waals surface area contributed by atoms with Crippen LogP contribution in [0, 0.1) is 6.92 Å². The minimum Gasteiger partial charge on any atom is -0.333 e. The van der Waals surface area contributed by atoms with E-state index in [1.54, 1.807) is 6.07 Å². The zero-order valence-electron chi connectivity index (χ0n) is 13.6. The van der Waals surface area contributed by atoms with Gasteiger partial charge in [0.2, 0.25) is 0 Å². The Labute approximate surface area is 136 Å². The highest BCUT2D eigenvalue weighted by Crippen LogP contribution is 2.31. The molecule has 0 aromatic heterocycles. The molecule has 0 atom stereocenters. The lowest BCUT2D eigenvalue weighted by Gasteiger charge is -2.33. The summed E-state index contributed by atoms with van der Waals surface area (Å²) in [5, 5.41) is 3.34. The van der Waals surface area contributed by atoms with Gasteiger partial charge in [-0.3, -0.25) is 4.79 Å². The second-order valence-electron chi connectivity index (χ2n) is 6.73. The van der Waals surface area contributed by atoms with Crippen LogP contribution >= 0.6 is 0 Å². The number of carbonyl (C=O) groups is 1. The topological polar surface area (TPSA) is 32.3 Å². The summed E-state index contributed by atoms with van der Waals surface area (Å²) in [5.74, 6) is -2.56. The smallest absolute Gasteiger partial charge is 0.265 e. The summed E-state index contributed by atoms with van der Waals surface area (Å²) in [6.45, 7) is 3.89. The molecular weight excluding hydrogens is 298 g/mol. The number of carbonyl (C=O) groups excluding carboxylic acids is 1. The minimum atomic E-state index is -2.76. The minimum absolute atomic E-state index is 0.120. The van der Waals surface area contributed by atoms with E-state index in [1.807, 2.05) is 13.0 Å². The molecule has 0 aliphatic carbocycles. The van der Waals surface area contributed by atoms with Crippen molar-refractivity contribution in [3.63, 3.8) is 0 Å². The molecule has 5 heteroatoms. The molecule has 2 saturated heterocycles. The molecule has 0 unspecified atom stereocenters. The molecule has 0 bridgehead atoms. The quantitative estimate of drug-likeness (QED) is 0.906. The van der Waals surface area contributed by atoms with E-state index >= 15 is 0 Å². The molecule has 0 saturated carbocycles. The standard InChI is InChI=1S/C18H24F2N2O/c1-13-15(14-6-9-21-10-7-14)4-2-5-16(13)17(23)22-11-3-8-18(19,20)12-22/h2,4-5,14,21H,3,6-12H2,1H3. The van der Waals surface area contributed by atoms with Crippen LogP contribution in [-0.4, -0.2) is 42.9 Å². The average molecular weight is 322 g/mol. The summed E-state index contributed by atoms with van der Waals surface area (Å²) in [7, 11) is 0. The lowest BCUT2D eigenvalue weighted by Crippen LogP contribution is -2.45. The molecule has 3 nitrogen and oxygen atoms in total. The second-order valence-corrected chi connectivity index (χ2v) is 6.73. The normalized spacial score (nSPS) is 22.1. The van der Waals surface area contributed by atoms with E-state index in [0.29, 0.717) is 24.4 Å². The van der Waals surface area contributed by atoms with E-state index in [-0.39, 0.29) is 12.3 Å². The number of hydrogen-bond donors (Lipinski definition) is 1. The lowest BCUT2D eigenvalue weighted by molar-refractivity contribution is -0.0560. The van der Waals surface area contributed by atoms with Crippen LogP contribution in [0.25, 0.3) is 0 Å². The fourth-order valence-corrected chi connectivity index (χ4v) is 3.77. The van der Waals surface area contributed by atoms with E-state index in [0.717, 1.165) is 31.5 Å². The Bertz CT molecular complexity index is 582. The lowest BCUT2D eigenvalue weighted by atomic mass is 9.85. The Morgan fingerprint density at radius 2 is 2.04 bits per heavy atom. The Morgan fingerprint density at radius 1 is 1.30 bits per heavy atom. The Hall–Kier alpha value is -1.49. The van der Waals surface area contributed by atoms with Crippen molar-refractivity contribution in [2.24, 2.45) is 0 Å². The predicted octanol–water partition coefficient (Wildman–Crippen LogP) is 3.33. The molecule has 2 aliphatic rings. The molecule has 0 radical (unpaired) electrons. The Balaban J connectivity index is 1.83. The number of nitrogens with one attached hydrogen (secondary N) is 1. The third kappa shape index (κ3) is 3.55. The van der Waals surface area contributed by atoms with Gasteiger partial charge in [-0.25, -0.2) is 8.78 Å². The van der Waals surface area contributed by atoms with E-state index in [4.69, 9.17) is 0 Å². The van der Waals surface area contributed by atoms with Crippen LogP contribution in [0.1, 0.15) is 53.1 Å². The SMILES string of the molecule is Cc1c(C(=O)N2CCCC(F)(F)C2)cccc1C1CCNCC1. The van der Waals surface area contributed by atoms with Crippen LogP contribution in [0.15, 0.2) is 18.2 Å². The first-order valence-corrected chi connectivity index (χ1v) is 8.45. The van der Waals surface area contributed by atoms with E-state index in [1.165, 1.54) is 10.5 Å². The van der Waals surface area contributed by atoms with Gasteiger partial charge < -0.3 is 10.2 Å². The zero-order chi connectivity index (χ0) is 16.4. The summed E-state index contributed by atoms with van der Waals surface area (Å²) >= 11 is 0. The number of rotatable bonds is 2. The molecule has 1 aromatic rings. The first-order valence-electron chi connectivity index (χ1n) is 8.45. The molecular formula is C18H24F2N2O. The zero-order valence-corrected chi connectivity index (χ0v) is 13.6. The largest absolute Gasteiger partial charge is 0.333 e. The second kappa shape index (κ2) is 6.56. The van der Waals surface area contributed by atoms with Gasteiger partial charge in [0.05, 0.1) is 6.54 Å². The highest BCUT2D eigenvalue weighted by Gasteiger charge is 2.37. The van der Waals surface area contributed by atoms with Crippen molar-refractivity contribution < 1.29 is 13.6 Å². The highest BCUT2D eigenvalue weighted by atomic mass is 19.3. The molecule has 3 rings (SSSR count). The number of amides is 1. The number of hydrogen-bond acceptors (Lipinski definition) is 2. The predicted molar refractivity (Wildman–Crippen MR) is 86.1 cm³/mol. The summed E-state index contributed by atoms with van der Waals surface area (Å²) in [6, 6.07) is 5.74. The van der Waals surface area contributed by atoms with Gasteiger partial charge in [0, 0.05) is 18.5 Å². The summed E-state index contributed by atoms with van der Waals surface area (Å²) < 4.78 is 27.2. The van der Waals surface area contributed by atoms with Crippen molar-refractivity contribution in [1.29, 1.82) is 0 Å². The van der Waals surface area contributed by atoms with Crippen LogP contribution in [0.2, 0.25) is 0 Å². The maximum Gasteiger partial charge on any atom is 0.265 e. The van der Waals surface area contributed by atoms with Crippen molar-refractivity contribution in [1.82, 2.24) is 10.2 Å². The van der Waals surface area contributed by atoms with E-state index < -0.39 is 12.5 Å². The number of benzene rings is 1. The molecule has 23 heavy (non-hydrogen) atoms. The molecule has 1 N–H and O–H groups in total. The fourth-order valence-electron chi connectivity index (χ4n) is 3.77. The van der Waals surface area contributed by atoms with Crippen molar-refractivity contribution in [3.05, 3.63) is 34.9 Å². The number of alkyl halides is 2. The molecule has 2 aliphatic heterocycles. The maximum absolute atomic E-state index is 13.6.